The summed E-state index contributed by atoms with van der Waals surface area (Å²) >= 11 is 0. The van der Waals surface area contributed by atoms with Gasteiger partial charge in [-0.3, -0.25) is 4.79 Å². The van der Waals surface area contributed by atoms with Crippen LogP contribution in [-0.4, -0.2) is 25.6 Å². The van der Waals surface area contributed by atoms with E-state index < -0.39 is 24.3 Å². The lowest BCUT2D eigenvalue weighted by atomic mass is 10.00. The Morgan fingerprint density at radius 1 is 1.10 bits per heavy atom. The van der Waals surface area contributed by atoms with Crippen LogP contribution in [0.1, 0.15) is 24.1 Å². The highest BCUT2D eigenvalue weighted by molar-refractivity contribution is 5.90. The summed E-state index contributed by atoms with van der Waals surface area (Å²) in [4.78, 5) is 24.0. The fourth-order valence-corrected chi connectivity index (χ4v) is 3.12. The van der Waals surface area contributed by atoms with Gasteiger partial charge in [-0.25, -0.2) is 9.18 Å². The van der Waals surface area contributed by atoms with Crippen molar-refractivity contribution < 1.29 is 23.5 Å². The molecular formula is C24H22FNO4. The zero-order valence-corrected chi connectivity index (χ0v) is 16.7. The van der Waals surface area contributed by atoms with E-state index in [0.717, 1.165) is 22.4 Å². The van der Waals surface area contributed by atoms with E-state index in [4.69, 9.17) is 9.47 Å². The summed E-state index contributed by atoms with van der Waals surface area (Å²) in [6, 6.07) is 17.9. The van der Waals surface area contributed by atoms with Gasteiger partial charge in [0.1, 0.15) is 0 Å². The van der Waals surface area contributed by atoms with Crippen molar-refractivity contribution in [2.24, 2.45) is 0 Å². The minimum atomic E-state index is -0.695. The maximum Gasteiger partial charge on any atom is 0.331 e. The third-order valence-corrected chi connectivity index (χ3v) is 4.60. The number of benzene rings is 3. The molecule has 0 heterocycles. The second-order valence-electron chi connectivity index (χ2n) is 6.69. The molecule has 0 aliphatic heterocycles. The number of fused-ring (bicyclic) bond motifs is 1. The standard InChI is InChI=1S/C24H22FNO4/c1-16(19-9-5-7-18-6-3-4-8-20(18)19)26-23(27)15-30-24(28)13-11-17-10-12-22(29-2)21(25)14-17/h3-14,16H,15H2,1-2H3,(H,26,27)/b13-11+/t16-/m0/s1. The second kappa shape index (κ2) is 9.69. The van der Waals surface area contributed by atoms with Crippen molar-refractivity contribution in [1.29, 1.82) is 0 Å². The summed E-state index contributed by atoms with van der Waals surface area (Å²) in [5.74, 6) is -1.52. The number of ether oxygens (including phenoxy) is 2. The lowest BCUT2D eigenvalue weighted by Gasteiger charge is -2.16. The summed E-state index contributed by atoms with van der Waals surface area (Å²) in [6.45, 7) is 1.47. The van der Waals surface area contributed by atoms with Gasteiger partial charge in [-0.1, -0.05) is 48.5 Å². The number of hydrogen-bond acceptors (Lipinski definition) is 4. The van der Waals surface area contributed by atoms with Crippen molar-refractivity contribution >= 4 is 28.7 Å². The first-order valence-corrected chi connectivity index (χ1v) is 9.43. The molecule has 0 aliphatic rings. The molecule has 0 spiro atoms. The van der Waals surface area contributed by atoms with Gasteiger partial charge in [0.2, 0.25) is 0 Å². The van der Waals surface area contributed by atoms with E-state index in [9.17, 15) is 14.0 Å². The molecule has 154 valence electrons. The summed E-state index contributed by atoms with van der Waals surface area (Å²) in [5.41, 5.74) is 1.45. The third kappa shape index (κ3) is 5.23. The number of esters is 1. The van der Waals surface area contributed by atoms with Crippen LogP contribution >= 0.6 is 0 Å². The molecule has 3 aromatic rings. The number of nitrogens with one attached hydrogen (secondary N) is 1. The van der Waals surface area contributed by atoms with E-state index in [-0.39, 0.29) is 11.8 Å². The minimum Gasteiger partial charge on any atom is -0.494 e. The highest BCUT2D eigenvalue weighted by Crippen LogP contribution is 2.24. The molecule has 30 heavy (non-hydrogen) atoms. The Balaban J connectivity index is 1.53. The van der Waals surface area contributed by atoms with E-state index in [1.165, 1.54) is 25.3 Å². The van der Waals surface area contributed by atoms with Crippen LogP contribution in [0.2, 0.25) is 0 Å². The topological polar surface area (TPSA) is 64.6 Å². The van der Waals surface area contributed by atoms with Gasteiger partial charge >= 0.3 is 5.97 Å². The molecule has 1 amide bonds. The van der Waals surface area contributed by atoms with Gasteiger partial charge < -0.3 is 14.8 Å². The Kier molecular flexibility index (Phi) is 6.80. The second-order valence-corrected chi connectivity index (χ2v) is 6.69. The van der Waals surface area contributed by atoms with Crippen LogP contribution in [0.15, 0.2) is 66.7 Å². The largest absolute Gasteiger partial charge is 0.494 e. The summed E-state index contributed by atoms with van der Waals surface area (Å²) in [6.07, 6.45) is 2.55. The maximum absolute atomic E-state index is 13.7. The molecule has 0 unspecified atom stereocenters. The van der Waals surface area contributed by atoms with Crippen molar-refractivity contribution in [3.8, 4) is 5.75 Å². The van der Waals surface area contributed by atoms with Crippen LogP contribution < -0.4 is 10.1 Å². The summed E-state index contributed by atoms with van der Waals surface area (Å²) in [5, 5.41) is 4.97. The molecule has 6 heteroatoms. The molecule has 3 rings (SSSR count). The third-order valence-electron chi connectivity index (χ3n) is 4.60. The van der Waals surface area contributed by atoms with Crippen LogP contribution in [0.25, 0.3) is 16.8 Å². The molecule has 0 radical (unpaired) electrons. The number of carbonyl (C=O) groups excluding carboxylic acids is 2. The molecule has 0 saturated heterocycles. The van der Waals surface area contributed by atoms with Gasteiger partial charge in [0, 0.05) is 6.08 Å². The van der Waals surface area contributed by atoms with Gasteiger partial charge in [-0.2, -0.15) is 0 Å². The first kappa shape index (κ1) is 21.0. The normalized spacial score (nSPS) is 12.0. The van der Waals surface area contributed by atoms with Crippen molar-refractivity contribution in [3.63, 3.8) is 0 Å². The first-order chi connectivity index (χ1) is 14.5. The zero-order chi connectivity index (χ0) is 21.5. The Morgan fingerprint density at radius 3 is 2.63 bits per heavy atom. The Labute approximate surface area is 174 Å². The minimum absolute atomic E-state index is 0.117. The maximum atomic E-state index is 13.7. The molecular weight excluding hydrogens is 385 g/mol. The highest BCUT2D eigenvalue weighted by Gasteiger charge is 2.13. The summed E-state index contributed by atoms with van der Waals surface area (Å²) < 4.78 is 23.5. The molecule has 5 nitrogen and oxygen atoms in total. The zero-order valence-electron chi connectivity index (χ0n) is 16.7. The van der Waals surface area contributed by atoms with Crippen LogP contribution in [0.3, 0.4) is 0 Å². The quantitative estimate of drug-likeness (QED) is 0.465. The van der Waals surface area contributed by atoms with Crippen molar-refractivity contribution in [2.45, 2.75) is 13.0 Å². The van der Waals surface area contributed by atoms with Gasteiger partial charge in [-0.15, -0.1) is 0 Å². The lowest BCUT2D eigenvalue weighted by Crippen LogP contribution is -2.31. The molecule has 0 saturated carbocycles. The number of rotatable bonds is 7. The van der Waals surface area contributed by atoms with Gasteiger partial charge in [0.05, 0.1) is 13.2 Å². The van der Waals surface area contributed by atoms with Crippen LogP contribution in [0, 0.1) is 5.82 Å². The van der Waals surface area contributed by atoms with Crippen molar-refractivity contribution in [3.05, 3.63) is 83.7 Å². The molecule has 1 N–H and O–H groups in total. The molecule has 1 atom stereocenters. The fourth-order valence-electron chi connectivity index (χ4n) is 3.12. The van der Waals surface area contributed by atoms with Gasteiger partial charge in [0.15, 0.2) is 18.2 Å². The van der Waals surface area contributed by atoms with Crippen molar-refractivity contribution in [2.75, 3.05) is 13.7 Å². The van der Waals surface area contributed by atoms with E-state index in [1.54, 1.807) is 6.07 Å². The van der Waals surface area contributed by atoms with Crippen LogP contribution in [-0.2, 0) is 14.3 Å². The smallest absolute Gasteiger partial charge is 0.331 e. The number of methoxy groups -OCH3 is 1. The average Bonchev–Trinajstić information content (AvgIpc) is 2.76. The monoisotopic (exact) mass is 407 g/mol. The number of amides is 1. The fraction of sp³-hybridized carbons (Fsp3) is 0.167. The first-order valence-electron chi connectivity index (χ1n) is 9.43. The van der Waals surface area contributed by atoms with Crippen LogP contribution in [0.4, 0.5) is 4.39 Å². The predicted octanol–water partition coefficient (Wildman–Crippen LogP) is 4.42. The average molecular weight is 407 g/mol. The Bertz CT molecular complexity index is 1090. The van der Waals surface area contributed by atoms with Gasteiger partial charge in [-0.05, 0) is 47.0 Å². The lowest BCUT2D eigenvalue weighted by molar-refractivity contribution is -0.144. The Hall–Kier alpha value is -3.67. The molecule has 0 bridgehead atoms. The molecule has 0 aromatic heterocycles. The Morgan fingerprint density at radius 2 is 1.87 bits per heavy atom. The van der Waals surface area contributed by atoms with E-state index in [0.29, 0.717) is 5.56 Å². The van der Waals surface area contributed by atoms with Crippen molar-refractivity contribution in [1.82, 2.24) is 5.32 Å². The van der Waals surface area contributed by atoms with E-state index >= 15 is 0 Å². The molecule has 0 aliphatic carbocycles. The molecule has 3 aromatic carbocycles. The van der Waals surface area contributed by atoms with E-state index in [1.807, 2.05) is 49.4 Å². The predicted molar refractivity (Wildman–Crippen MR) is 113 cm³/mol. The number of halogens is 1. The summed E-state index contributed by atoms with van der Waals surface area (Å²) in [7, 11) is 1.37. The molecule has 0 fully saturated rings. The van der Waals surface area contributed by atoms with E-state index in [2.05, 4.69) is 5.32 Å². The van der Waals surface area contributed by atoms with Gasteiger partial charge in [0.25, 0.3) is 5.91 Å². The SMILES string of the molecule is COc1ccc(/C=C/C(=O)OCC(=O)N[C@@H](C)c2cccc3ccccc23)cc1F. The van der Waals surface area contributed by atoms with Crippen LogP contribution in [0.5, 0.6) is 5.75 Å². The number of hydrogen-bond donors (Lipinski definition) is 1. The highest BCUT2D eigenvalue weighted by atomic mass is 19.1. The number of carbonyl (C=O) groups is 2.